The highest BCUT2D eigenvalue weighted by Gasteiger charge is 2.20. The molecule has 2 amide bonds. The molecule has 0 atom stereocenters. The molecule has 1 saturated heterocycles. The van der Waals surface area contributed by atoms with Gasteiger partial charge in [-0.3, -0.25) is 19.7 Å². The molecule has 0 aliphatic carbocycles. The Morgan fingerprint density at radius 3 is 2.48 bits per heavy atom. The fourth-order valence-corrected chi connectivity index (χ4v) is 4.08. The van der Waals surface area contributed by atoms with E-state index < -0.39 is 10.8 Å². The highest BCUT2D eigenvalue weighted by molar-refractivity contribution is 7.99. The number of non-ortho nitro benzene ring substituents is 1. The van der Waals surface area contributed by atoms with Crippen molar-refractivity contribution in [2.45, 2.75) is 29.1 Å². The first-order valence-electron chi connectivity index (χ1n) is 9.22. The summed E-state index contributed by atoms with van der Waals surface area (Å²) in [5.41, 5.74) is 0.0384. The van der Waals surface area contributed by atoms with E-state index >= 15 is 0 Å². The lowest BCUT2D eigenvalue weighted by Crippen LogP contribution is -2.32. The van der Waals surface area contributed by atoms with Crippen molar-refractivity contribution in [1.29, 1.82) is 0 Å². The second-order valence-corrected chi connectivity index (χ2v) is 8.14. The van der Waals surface area contributed by atoms with E-state index in [9.17, 15) is 19.7 Å². The Kier molecular flexibility index (Phi) is 7.11. The molecule has 0 spiro atoms. The first-order valence-corrected chi connectivity index (χ1v) is 10.4. The van der Waals surface area contributed by atoms with Crippen LogP contribution in [0, 0.1) is 10.1 Å². The molecule has 152 valence electrons. The Balaban J connectivity index is 1.71. The normalized spacial score (nSPS) is 13.3. The van der Waals surface area contributed by atoms with Gasteiger partial charge in [0.2, 0.25) is 5.91 Å². The van der Waals surface area contributed by atoms with Crippen molar-refractivity contribution in [3.63, 3.8) is 0 Å². The smallest absolute Gasteiger partial charge is 0.270 e. The fourth-order valence-electron chi connectivity index (χ4n) is 3.03. The molecule has 3 rings (SSSR count). The second kappa shape index (κ2) is 9.76. The van der Waals surface area contributed by atoms with E-state index in [0.29, 0.717) is 9.92 Å². The molecule has 1 aliphatic heterocycles. The van der Waals surface area contributed by atoms with Crippen LogP contribution in [-0.4, -0.2) is 41.3 Å². The molecule has 1 aliphatic rings. The minimum atomic E-state index is -0.537. The number of carbonyl (C=O) groups is 2. The molecule has 0 unspecified atom stereocenters. The molecule has 0 bridgehead atoms. The number of rotatable bonds is 7. The zero-order valence-electron chi connectivity index (χ0n) is 15.6. The van der Waals surface area contributed by atoms with Gasteiger partial charge in [-0.2, -0.15) is 0 Å². The van der Waals surface area contributed by atoms with Crippen LogP contribution < -0.4 is 5.32 Å². The van der Waals surface area contributed by atoms with Crippen LogP contribution in [0.5, 0.6) is 0 Å². The molecule has 1 heterocycles. The number of halogens is 1. The number of hydrogen-bond acceptors (Lipinski definition) is 5. The summed E-state index contributed by atoms with van der Waals surface area (Å²) in [6, 6.07) is 11.3. The quantitative estimate of drug-likeness (QED) is 0.523. The maximum atomic E-state index is 12.7. The van der Waals surface area contributed by atoms with Crippen LogP contribution in [0.4, 0.5) is 5.69 Å². The molecular formula is C20H20ClN3O4S. The Morgan fingerprint density at radius 2 is 1.83 bits per heavy atom. The first-order chi connectivity index (χ1) is 13.9. The second-order valence-electron chi connectivity index (χ2n) is 6.59. The number of hydrogen-bond donors (Lipinski definition) is 1. The van der Waals surface area contributed by atoms with Gasteiger partial charge in [0.05, 0.1) is 10.5 Å². The summed E-state index contributed by atoms with van der Waals surface area (Å²) in [4.78, 5) is 38.6. The highest BCUT2D eigenvalue weighted by atomic mass is 35.5. The van der Waals surface area contributed by atoms with Crippen molar-refractivity contribution in [2.24, 2.45) is 0 Å². The van der Waals surface area contributed by atoms with Crippen LogP contribution in [0.2, 0.25) is 5.02 Å². The van der Waals surface area contributed by atoms with Crippen molar-refractivity contribution in [3.05, 3.63) is 63.2 Å². The molecule has 2 aromatic rings. The lowest BCUT2D eigenvalue weighted by molar-refractivity contribution is -0.384. The predicted octanol–water partition coefficient (Wildman–Crippen LogP) is 4.14. The number of nitro groups is 1. The van der Waals surface area contributed by atoms with Crippen LogP contribution in [0.15, 0.2) is 52.3 Å². The van der Waals surface area contributed by atoms with Crippen molar-refractivity contribution < 1.29 is 14.5 Å². The summed E-state index contributed by atoms with van der Waals surface area (Å²) in [7, 11) is 0. The maximum Gasteiger partial charge on any atom is 0.270 e. The topological polar surface area (TPSA) is 92.6 Å². The van der Waals surface area contributed by atoms with Gasteiger partial charge in [-0.1, -0.05) is 23.4 Å². The number of amides is 2. The van der Waals surface area contributed by atoms with Gasteiger partial charge >= 0.3 is 0 Å². The number of benzene rings is 2. The summed E-state index contributed by atoms with van der Waals surface area (Å²) in [6.45, 7) is 1.71. The van der Waals surface area contributed by atoms with Gasteiger partial charge in [-0.05, 0) is 43.2 Å². The average Bonchev–Trinajstić information content (AvgIpc) is 3.24. The minimum absolute atomic E-state index is 0.0117. The van der Waals surface area contributed by atoms with E-state index in [-0.39, 0.29) is 30.1 Å². The number of nitro benzene ring substituents is 1. The zero-order valence-corrected chi connectivity index (χ0v) is 17.2. The maximum absolute atomic E-state index is 12.7. The Bertz CT molecular complexity index is 914. The van der Waals surface area contributed by atoms with E-state index in [2.05, 4.69) is 5.32 Å². The minimum Gasteiger partial charge on any atom is -0.351 e. The van der Waals surface area contributed by atoms with Gasteiger partial charge in [0.1, 0.15) is 0 Å². The van der Waals surface area contributed by atoms with E-state index in [4.69, 9.17) is 11.6 Å². The Hall–Kier alpha value is -2.58. The molecule has 1 fully saturated rings. The summed E-state index contributed by atoms with van der Waals surface area (Å²) >= 11 is 7.22. The fraction of sp³-hybridized carbons (Fsp3) is 0.300. The first kappa shape index (κ1) is 21.1. The Morgan fingerprint density at radius 1 is 1.14 bits per heavy atom. The van der Waals surface area contributed by atoms with Crippen molar-refractivity contribution in [2.75, 3.05) is 19.6 Å². The molecule has 0 aromatic heterocycles. The van der Waals surface area contributed by atoms with Gasteiger partial charge in [-0.25, -0.2) is 0 Å². The van der Waals surface area contributed by atoms with Crippen LogP contribution >= 0.6 is 23.4 Å². The number of nitrogens with one attached hydrogen (secondary N) is 1. The van der Waals surface area contributed by atoms with Crippen molar-refractivity contribution in [1.82, 2.24) is 10.2 Å². The van der Waals surface area contributed by atoms with Gasteiger partial charge < -0.3 is 10.2 Å². The number of carbonyl (C=O) groups excluding carboxylic acids is 2. The van der Waals surface area contributed by atoms with Gasteiger partial charge in [0, 0.05) is 53.0 Å². The molecule has 29 heavy (non-hydrogen) atoms. The summed E-state index contributed by atoms with van der Waals surface area (Å²) in [6.07, 6.45) is 2.23. The molecule has 7 nitrogen and oxygen atoms in total. The van der Waals surface area contributed by atoms with E-state index in [1.807, 2.05) is 12.1 Å². The lowest BCUT2D eigenvalue weighted by atomic mass is 10.2. The van der Waals surface area contributed by atoms with Crippen LogP contribution in [0.25, 0.3) is 0 Å². The highest BCUT2D eigenvalue weighted by Crippen LogP contribution is 2.33. The third-order valence-electron chi connectivity index (χ3n) is 4.54. The van der Waals surface area contributed by atoms with Crippen LogP contribution in [0.1, 0.15) is 29.6 Å². The average molecular weight is 434 g/mol. The standard InChI is InChI=1S/C20H20ClN3O4S/c21-14-3-6-16(7-4-14)29-18-8-5-15(24(27)28)13-17(18)20(26)22-10-9-19(25)23-11-1-2-12-23/h3-8,13H,1-2,9-12H2,(H,22,26). The lowest BCUT2D eigenvalue weighted by Gasteiger charge is -2.15. The molecule has 9 heteroatoms. The molecular weight excluding hydrogens is 414 g/mol. The SMILES string of the molecule is O=C(NCCC(=O)N1CCCC1)c1cc([N+](=O)[O-])ccc1Sc1ccc(Cl)cc1. The Labute approximate surface area is 177 Å². The van der Waals surface area contributed by atoms with E-state index in [0.717, 1.165) is 30.8 Å². The number of nitrogens with zero attached hydrogens (tertiary/aromatic N) is 2. The predicted molar refractivity (Wildman–Crippen MR) is 111 cm³/mol. The van der Waals surface area contributed by atoms with Gasteiger partial charge in [0.15, 0.2) is 0 Å². The van der Waals surface area contributed by atoms with Crippen LogP contribution in [-0.2, 0) is 4.79 Å². The molecule has 2 aromatic carbocycles. The number of likely N-dealkylation sites (tertiary alicyclic amines) is 1. The third-order valence-corrected chi connectivity index (χ3v) is 5.88. The van der Waals surface area contributed by atoms with Crippen LogP contribution in [0.3, 0.4) is 0 Å². The largest absolute Gasteiger partial charge is 0.351 e. The summed E-state index contributed by atoms with van der Waals surface area (Å²) in [5, 5.41) is 14.4. The molecule has 0 radical (unpaired) electrons. The summed E-state index contributed by atoms with van der Waals surface area (Å²) < 4.78 is 0. The van der Waals surface area contributed by atoms with E-state index in [1.54, 1.807) is 23.1 Å². The molecule has 0 saturated carbocycles. The zero-order chi connectivity index (χ0) is 20.8. The molecule has 1 N–H and O–H groups in total. The monoisotopic (exact) mass is 433 g/mol. The van der Waals surface area contributed by atoms with Gasteiger partial charge in [-0.15, -0.1) is 0 Å². The van der Waals surface area contributed by atoms with E-state index in [1.165, 1.54) is 23.9 Å². The third kappa shape index (κ3) is 5.71. The van der Waals surface area contributed by atoms with Gasteiger partial charge in [0.25, 0.3) is 11.6 Å². The van der Waals surface area contributed by atoms with Crippen molar-refractivity contribution >= 4 is 40.9 Å². The summed E-state index contributed by atoms with van der Waals surface area (Å²) in [5.74, 6) is -0.433. The van der Waals surface area contributed by atoms with Crippen molar-refractivity contribution in [3.8, 4) is 0 Å².